The van der Waals surface area contributed by atoms with E-state index in [1.54, 1.807) is 24.3 Å². The van der Waals surface area contributed by atoms with Gasteiger partial charge >= 0.3 is 0 Å². The van der Waals surface area contributed by atoms with E-state index in [4.69, 9.17) is 4.42 Å². The summed E-state index contributed by atoms with van der Waals surface area (Å²) in [6.45, 7) is 3.66. The monoisotopic (exact) mass is 369 g/mol. The maximum atomic E-state index is 12.1. The summed E-state index contributed by atoms with van der Waals surface area (Å²) < 4.78 is 5.57. The number of oxazole rings is 1. The van der Waals surface area contributed by atoms with Gasteiger partial charge in [-0.05, 0) is 36.4 Å². The second-order valence-corrected chi connectivity index (χ2v) is 6.93. The molecule has 26 heavy (non-hydrogen) atoms. The predicted molar refractivity (Wildman–Crippen MR) is 103 cm³/mol. The molecular formula is C19H19N3O3S. The van der Waals surface area contributed by atoms with Crippen LogP contribution < -0.4 is 10.6 Å². The minimum absolute atomic E-state index is 0.0449. The number of benzene rings is 2. The Bertz CT molecular complexity index is 886. The molecule has 0 saturated carbocycles. The molecule has 134 valence electrons. The lowest BCUT2D eigenvalue weighted by molar-refractivity contribution is -0.119. The Kier molecular flexibility index (Phi) is 5.58. The molecule has 0 aliphatic rings. The zero-order chi connectivity index (χ0) is 18.5. The van der Waals surface area contributed by atoms with Gasteiger partial charge in [-0.25, -0.2) is 4.98 Å². The number of hydrogen-bond acceptors (Lipinski definition) is 5. The van der Waals surface area contributed by atoms with Crippen LogP contribution in [0.2, 0.25) is 0 Å². The average Bonchev–Trinajstić information content (AvgIpc) is 3.04. The van der Waals surface area contributed by atoms with E-state index in [0.717, 1.165) is 5.52 Å². The number of amides is 2. The molecule has 6 nitrogen and oxygen atoms in total. The highest BCUT2D eigenvalue weighted by Gasteiger charge is 2.10. The summed E-state index contributed by atoms with van der Waals surface area (Å²) in [6, 6.07) is 14.5. The van der Waals surface area contributed by atoms with E-state index in [1.807, 2.05) is 38.1 Å². The summed E-state index contributed by atoms with van der Waals surface area (Å²) in [5.41, 5.74) is 2.84. The van der Waals surface area contributed by atoms with E-state index in [1.165, 1.54) is 11.8 Å². The SMILES string of the molecule is CC(C)C(=O)Nc1ccc(NC(=O)CSc2nc3ccccc3o2)cc1. The molecule has 0 fully saturated rings. The lowest BCUT2D eigenvalue weighted by Gasteiger charge is -2.09. The summed E-state index contributed by atoms with van der Waals surface area (Å²) in [5, 5.41) is 6.08. The molecule has 3 aromatic rings. The fourth-order valence-corrected chi connectivity index (χ4v) is 2.80. The second kappa shape index (κ2) is 8.05. The number of nitrogens with one attached hydrogen (secondary N) is 2. The Hall–Kier alpha value is -2.80. The normalized spacial score (nSPS) is 10.9. The van der Waals surface area contributed by atoms with Gasteiger partial charge in [0.1, 0.15) is 5.52 Å². The van der Waals surface area contributed by atoms with Gasteiger partial charge in [-0.2, -0.15) is 0 Å². The van der Waals surface area contributed by atoms with Crippen molar-refractivity contribution in [3.8, 4) is 0 Å². The summed E-state index contributed by atoms with van der Waals surface area (Å²) in [6.07, 6.45) is 0. The Morgan fingerprint density at radius 1 is 1.04 bits per heavy atom. The van der Waals surface area contributed by atoms with Crippen molar-refractivity contribution in [1.29, 1.82) is 0 Å². The van der Waals surface area contributed by atoms with Crippen molar-refractivity contribution in [3.05, 3.63) is 48.5 Å². The number of rotatable bonds is 6. The van der Waals surface area contributed by atoms with Gasteiger partial charge in [0.25, 0.3) is 5.22 Å². The molecule has 1 heterocycles. The number of thioether (sulfide) groups is 1. The van der Waals surface area contributed by atoms with E-state index in [-0.39, 0.29) is 23.5 Å². The Balaban J connectivity index is 1.52. The molecule has 1 aromatic heterocycles. The van der Waals surface area contributed by atoms with Crippen LogP contribution in [0.1, 0.15) is 13.8 Å². The average molecular weight is 369 g/mol. The summed E-state index contributed by atoms with van der Waals surface area (Å²) in [4.78, 5) is 28.1. The van der Waals surface area contributed by atoms with Crippen molar-refractivity contribution in [2.45, 2.75) is 19.1 Å². The first-order valence-corrected chi connectivity index (χ1v) is 9.19. The molecule has 0 radical (unpaired) electrons. The van der Waals surface area contributed by atoms with Crippen molar-refractivity contribution in [3.63, 3.8) is 0 Å². The fraction of sp³-hybridized carbons (Fsp3) is 0.211. The van der Waals surface area contributed by atoms with Crippen LogP contribution in [0.4, 0.5) is 11.4 Å². The van der Waals surface area contributed by atoms with Crippen LogP contribution in [0.25, 0.3) is 11.1 Å². The molecule has 0 bridgehead atoms. The molecule has 0 saturated heterocycles. The molecule has 7 heteroatoms. The third kappa shape index (κ3) is 4.64. The maximum Gasteiger partial charge on any atom is 0.257 e. The first-order valence-electron chi connectivity index (χ1n) is 8.20. The fourth-order valence-electron chi connectivity index (χ4n) is 2.16. The molecular weight excluding hydrogens is 350 g/mol. The van der Waals surface area contributed by atoms with E-state index >= 15 is 0 Å². The minimum atomic E-state index is -0.156. The predicted octanol–water partition coefficient (Wildman–Crippen LogP) is 4.15. The van der Waals surface area contributed by atoms with E-state index < -0.39 is 0 Å². The van der Waals surface area contributed by atoms with E-state index in [0.29, 0.717) is 22.2 Å². The molecule has 2 N–H and O–H groups in total. The van der Waals surface area contributed by atoms with Crippen LogP contribution in [0.15, 0.2) is 58.2 Å². The molecule has 0 spiro atoms. The van der Waals surface area contributed by atoms with Crippen LogP contribution in [0.5, 0.6) is 0 Å². The van der Waals surface area contributed by atoms with Crippen molar-refractivity contribution < 1.29 is 14.0 Å². The van der Waals surface area contributed by atoms with Crippen molar-refractivity contribution >= 4 is 46.1 Å². The standard InChI is InChI=1S/C19H19N3O3S/c1-12(2)18(24)21-14-9-7-13(8-10-14)20-17(23)11-26-19-22-15-5-3-4-6-16(15)25-19/h3-10,12H,11H2,1-2H3,(H,20,23)(H,21,24). The first kappa shape index (κ1) is 18.0. The number of para-hydroxylation sites is 2. The third-order valence-electron chi connectivity index (χ3n) is 3.56. The Labute approximate surface area is 155 Å². The lowest BCUT2D eigenvalue weighted by atomic mass is 10.2. The molecule has 0 aliphatic heterocycles. The quantitative estimate of drug-likeness (QED) is 0.638. The number of carbonyl (C=O) groups is 2. The molecule has 2 aromatic carbocycles. The van der Waals surface area contributed by atoms with Crippen LogP contribution in [-0.4, -0.2) is 22.6 Å². The van der Waals surface area contributed by atoms with Gasteiger partial charge in [0.15, 0.2) is 5.58 Å². The van der Waals surface area contributed by atoms with Gasteiger partial charge < -0.3 is 15.1 Å². The molecule has 2 amide bonds. The number of nitrogens with zero attached hydrogens (tertiary/aromatic N) is 1. The van der Waals surface area contributed by atoms with E-state index in [2.05, 4.69) is 15.6 Å². The maximum absolute atomic E-state index is 12.1. The molecule has 0 unspecified atom stereocenters. The highest BCUT2D eigenvalue weighted by molar-refractivity contribution is 7.99. The number of anilines is 2. The Morgan fingerprint density at radius 3 is 2.35 bits per heavy atom. The molecule has 0 atom stereocenters. The number of hydrogen-bond donors (Lipinski definition) is 2. The van der Waals surface area contributed by atoms with Crippen LogP contribution in [0, 0.1) is 5.92 Å². The van der Waals surface area contributed by atoms with Crippen molar-refractivity contribution in [1.82, 2.24) is 4.98 Å². The Morgan fingerprint density at radius 2 is 1.69 bits per heavy atom. The highest BCUT2D eigenvalue weighted by atomic mass is 32.2. The molecule has 0 aliphatic carbocycles. The second-order valence-electron chi connectivity index (χ2n) is 6.01. The largest absolute Gasteiger partial charge is 0.431 e. The van der Waals surface area contributed by atoms with Gasteiger partial charge in [-0.1, -0.05) is 37.7 Å². The number of aromatic nitrogens is 1. The summed E-state index contributed by atoms with van der Waals surface area (Å²) in [5.74, 6) is -0.0930. The summed E-state index contributed by atoms with van der Waals surface area (Å²) >= 11 is 1.24. The smallest absolute Gasteiger partial charge is 0.257 e. The minimum Gasteiger partial charge on any atom is -0.431 e. The molecule has 3 rings (SSSR count). The van der Waals surface area contributed by atoms with Gasteiger partial charge in [0, 0.05) is 17.3 Å². The zero-order valence-corrected chi connectivity index (χ0v) is 15.3. The lowest BCUT2D eigenvalue weighted by Crippen LogP contribution is -2.18. The van der Waals surface area contributed by atoms with Crippen LogP contribution in [-0.2, 0) is 9.59 Å². The van der Waals surface area contributed by atoms with Crippen LogP contribution >= 0.6 is 11.8 Å². The van der Waals surface area contributed by atoms with Gasteiger partial charge in [0.05, 0.1) is 5.75 Å². The van der Waals surface area contributed by atoms with E-state index in [9.17, 15) is 9.59 Å². The third-order valence-corrected chi connectivity index (χ3v) is 4.39. The number of carbonyl (C=O) groups excluding carboxylic acids is 2. The van der Waals surface area contributed by atoms with Crippen molar-refractivity contribution in [2.24, 2.45) is 5.92 Å². The highest BCUT2D eigenvalue weighted by Crippen LogP contribution is 2.23. The first-order chi connectivity index (χ1) is 12.5. The van der Waals surface area contributed by atoms with Gasteiger partial charge in [-0.15, -0.1) is 0 Å². The van der Waals surface area contributed by atoms with Gasteiger partial charge in [-0.3, -0.25) is 9.59 Å². The zero-order valence-electron chi connectivity index (χ0n) is 14.5. The summed E-state index contributed by atoms with van der Waals surface area (Å²) in [7, 11) is 0. The van der Waals surface area contributed by atoms with Crippen molar-refractivity contribution in [2.75, 3.05) is 16.4 Å². The topological polar surface area (TPSA) is 84.2 Å². The van der Waals surface area contributed by atoms with Crippen LogP contribution in [0.3, 0.4) is 0 Å². The number of fused-ring (bicyclic) bond motifs is 1. The van der Waals surface area contributed by atoms with Gasteiger partial charge in [0.2, 0.25) is 11.8 Å².